The van der Waals surface area contributed by atoms with E-state index in [1.165, 1.54) is 6.07 Å². The Balaban J connectivity index is 1.78. The van der Waals surface area contributed by atoms with E-state index in [-0.39, 0.29) is 18.9 Å². The average molecular weight is 457 g/mol. The Labute approximate surface area is 184 Å². The van der Waals surface area contributed by atoms with Crippen molar-refractivity contribution < 1.29 is 27.4 Å². The SMILES string of the molecule is CN(C)CCN(Cc1cccc(C(F)(F)F)c1)C(=O)Cc1cc(Cl)c2c(c1)OCCO2. The predicted octanol–water partition coefficient (Wildman–Crippen LogP) is 4.26. The third-order valence-corrected chi connectivity index (χ3v) is 5.09. The Morgan fingerprint density at radius 2 is 1.81 bits per heavy atom. The lowest BCUT2D eigenvalue weighted by molar-refractivity contribution is -0.137. The topological polar surface area (TPSA) is 42.0 Å². The van der Waals surface area contributed by atoms with E-state index in [1.54, 1.807) is 23.1 Å². The van der Waals surface area contributed by atoms with Gasteiger partial charge < -0.3 is 19.3 Å². The van der Waals surface area contributed by atoms with Crippen LogP contribution in [0.2, 0.25) is 5.02 Å². The molecule has 0 saturated carbocycles. The maximum atomic E-state index is 13.1. The fraction of sp³-hybridized carbons (Fsp3) is 0.409. The highest BCUT2D eigenvalue weighted by Crippen LogP contribution is 2.38. The summed E-state index contributed by atoms with van der Waals surface area (Å²) >= 11 is 6.26. The predicted molar refractivity (Wildman–Crippen MR) is 112 cm³/mol. The number of benzene rings is 2. The minimum atomic E-state index is -4.43. The normalized spacial score (nSPS) is 13.4. The number of alkyl halides is 3. The van der Waals surface area contributed by atoms with Crippen molar-refractivity contribution >= 4 is 17.5 Å². The molecule has 9 heteroatoms. The van der Waals surface area contributed by atoms with Gasteiger partial charge in [0.1, 0.15) is 13.2 Å². The number of hydrogen-bond donors (Lipinski definition) is 0. The monoisotopic (exact) mass is 456 g/mol. The number of carbonyl (C=O) groups excluding carboxylic acids is 1. The van der Waals surface area contributed by atoms with Gasteiger partial charge in [-0.25, -0.2) is 0 Å². The van der Waals surface area contributed by atoms with Gasteiger partial charge in [-0.1, -0.05) is 23.7 Å². The Kier molecular flexibility index (Phi) is 7.33. The molecule has 1 aliphatic heterocycles. The summed E-state index contributed by atoms with van der Waals surface area (Å²) in [4.78, 5) is 16.5. The Hall–Kier alpha value is -2.45. The van der Waals surface area contributed by atoms with Crippen molar-refractivity contribution in [2.45, 2.75) is 19.1 Å². The summed E-state index contributed by atoms with van der Waals surface area (Å²) in [5.74, 6) is 0.726. The average Bonchev–Trinajstić information content (AvgIpc) is 2.70. The molecule has 0 aromatic heterocycles. The number of halogens is 4. The minimum Gasteiger partial charge on any atom is -0.486 e. The molecule has 1 aliphatic rings. The Morgan fingerprint density at radius 1 is 1.06 bits per heavy atom. The number of nitrogens with zero attached hydrogens (tertiary/aromatic N) is 2. The first-order valence-corrected chi connectivity index (χ1v) is 10.2. The standard InChI is InChI=1S/C22H24ClF3N2O3/c1-27(2)6-7-28(14-15-4-3-5-17(10-15)22(24,25)26)20(29)13-16-11-18(23)21-19(12-16)30-8-9-31-21/h3-5,10-12H,6-9,13-14H2,1-2H3. The number of carbonyl (C=O) groups is 1. The van der Waals surface area contributed by atoms with Crippen LogP contribution in [0.1, 0.15) is 16.7 Å². The van der Waals surface area contributed by atoms with Crippen LogP contribution < -0.4 is 9.47 Å². The third kappa shape index (κ3) is 6.27. The molecule has 2 aromatic rings. The molecule has 0 unspecified atom stereocenters. The van der Waals surface area contributed by atoms with Crippen molar-refractivity contribution in [2.75, 3.05) is 40.4 Å². The van der Waals surface area contributed by atoms with E-state index in [2.05, 4.69) is 0 Å². The molecule has 0 atom stereocenters. The lowest BCUT2D eigenvalue weighted by Crippen LogP contribution is -2.37. The molecule has 168 valence electrons. The summed E-state index contributed by atoms with van der Waals surface area (Å²) in [6, 6.07) is 8.41. The molecule has 0 bridgehead atoms. The van der Waals surface area contributed by atoms with Gasteiger partial charge in [0, 0.05) is 19.6 Å². The number of ether oxygens (including phenoxy) is 2. The maximum Gasteiger partial charge on any atom is 0.416 e. The van der Waals surface area contributed by atoms with Gasteiger partial charge in [-0.3, -0.25) is 4.79 Å². The third-order valence-electron chi connectivity index (χ3n) is 4.81. The van der Waals surface area contributed by atoms with E-state index >= 15 is 0 Å². The van der Waals surface area contributed by atoms with Gasteiger partial charge in [0.2, 0.25) is 5.91 Å². The van der Waals surface area contributed by atoms with Crippen molar-refractivity contribution in [3.8, 4) is 11.5 Å². The van der Waals surface area contributed by atoms with E-state index in [4.69, 9.17) is 21.1 Å². The molecule has 1 amide bonds. The Bertz CT molecular complexity index is 935. The van der Waals surface area contributed by atoms with E-state index in [0.29, 0.717) is 54.0 Å². The van der Waals surface area contributed by atoms with E-state index < -0.39 is 11.7 Å². The first-order valence-electron chi connectivity index (χ1n) is 9.80. The smallest absolute Gasteiger partial charge is 0.416 e. The number of rotatable bonds is 7. The summed E-state index contributed by atoms with van der Waals surface area (Å²) < 4.78 is 50.2. The van der Waals surface area contributed by atoms with E-state index in [9.17, 15) is 18.0 Å². The van der Waals surface area contributed by atoms with Crippen LogP contribution in [0.5, 0.6) is 11.5 Å². The number of likely N-dealkylation sites (N-methyl/N-ethyl adjacent to an activating group) is 1. The lowest BCUT2D eigenvalue weighted by Gasteiger charge is -2.26. The number of amides is 1. The van der Waals surface area contributed by atoms with E-state index in [1.807, 2.05) is 19.0 Å². The Morgan fingerprint density at radius 3 is 2.52 bits per heavy atom. The van der Waals surface area contributed by atoms with Crippen molar-refractivity contribution in [2.24, 2.45) is 0 Å². The summed E-state index contributed by atoms with van der Waals surface area (Å²) in [6.07, 6.45) is -4.39. The minimum absolute atomic E-state index is 0.0444. The molecule has 2 aromatic carbocycles. The molecule has 0 spiro atoms. The molecule has 31 heavy (non-hydrogen) atoms. The fourth-order valence-corrected chi connectivity index (χ4v) is 3.52. The number of fused-ring (bicyclic) bond motifs is 1. The van der Waals surface area contributed by atoms with Gasteiger partial charge in [-0.15, -0.1) is 0 Å². The van der Waals surface area contributed by atoms with Crippen LogP contribution in [0.4, 0.5) is 13.2 Å². The number of hydrogen-bond acceptors (Lipinski definition) is 4. The van der Waals surface area contributed by atoms with Gasteiger partial charge in [0.15, 0.2) is 11.5 Å². The van der Waals surface area contributed by atoms with Crippen LogP contribution in [0.15, 0.2) is 36.4 Å². The molecular weight excluding hydrogens is 433 g/mol. The van der Waals surface area contributed by atoms with Crippen molar-refractivity contribution in [1.29, 1.82) is 0 Å². The van der Waals surface area contributed by atoms with Crippen LogP contribution in [-0.4, -0.2) is 56.1 Å². The summed E-state index contributed by atoms with van der Waals surface area (Å²) in [6.45, 7) is 1.83. The summed E-state index contributed by atoms with van der Waals surface area (Å²) in [7, 11) is 3.74. The van der Waals surface area contributed by atoms with Gasteiger partial charge in [-0.05, 0) is 49.5 Å². The van der Waals surface area contributed by atoms with Crippen molar-refractivity contribution in [1.82, 2.24) is 9.80 Å². The van der Waals surface area contributed by atoms with Crippen LogP contribution in [-0.2, 0) is 23.9 Å². The lowest BCUT2D eigenvalue weighted by atomic mass is 10.1. The van der Waals surface area contributed by atoms with Crippen LogP contribution in [0, 0.1) is 0 Å². The summed E-state index contributed by atoms with van der Waals surface area (Å²) in [5, 5.41) is 0.359. The zero-order chi connectivity index (χ0) is 22.6. The fourth-order valence-electron chi connectivity index (χ4n) is 3.23. The largest absolute Gasteiger partial charge is 0.486 e. The van der Waals surface area contributed by atoms with Gasteiger partial charge in [0.25, 0.3) is 0 Å². The second-order valence-electron chi connectivity index (χ2n) is 7.60. The first-order chi connectivity index (χ1) is 14.6. The second kappa shape index (κ2) is 9.78. The quantitative estimate of drug-likeness (QED) is 0.624. The molecule has 0 radical (unpaired) electrons. The van der Waals surface area contributed by atoms with Crippen LogP contribution in [0.25, 0.3) is 0 Å². The molecule has 0 aliphatic carbocycles. The van der Waals surface area contributed by atoms with Crippen LogP contribution >= 0.6 is 11.6 Å². The molecule has 0 N–H and O–H groups in total. The molecule has 5 nitrogen and oxygen atoms in total. The van der Waals surface area contributed by atoms with E-state index in [0.717, 1.165) is 12.1 Å². The molecule has 1 heterocycles. The highest BCUT2D eigenvalue weighted by atomic mass is 35.5. The summed E-state index contributed by atoms with van der Waals surface area (Å²) in [5.41, 5.74) is 0.337. The molecule has 0 fully saturated rings. The zero-order valence-corrected chi connectivity index (χ0v) is 18.1. The molecule has 0 saturated heterocycles. The van der Waals surface area contributed by atoms with Gasteiger partial charge in [0.05, 0.1) is 17.0 Å². The molecule has 3 rings (SSSR count). The van der Waals surface area contributed by atoms with Gasteiger partial charge >= 0.3 is 6.18 Å². The van der Waals surface area contributed by atoms with Crippen molar-refractivity contribution in [3.63, 3.8) is 0 Å². The van der Waals surface area contributed by atoms with Crippen molar-refractivity contribution in [3.05, 3.63) is 58.1 Å². The zero-order valence-electron chi connectivity index (χ0n) is 17.3. The first kappa shape index (κ1) is 23.2. The maximum absolute atomic E-state index is 13.1. The molecular formula is C22H24ClF3N2O3. The van der Waals surface area contributed by atoms with Gasteiger partial charge in [-0.2, -0.15) is 13.2 Å². The second-order valence-corrected chi connectivity index (χ2v) is 8.00. The highest BCUT2D eigenvalue weighted by Gasteiger charge is 2.30. The van der Waals surface area contributed by atoms with Crippen LogP contribution in [0.3, 0.4) is 0 Å². The highest BCUT2D eigenvalue weighted by molar-refractivity contribution is 6.32.